The van der Waals surface area contributed by atoms with Gasteiger partial charge in [0.05, 0.1) is 12.5 Å². The first-order valence-corrected chi connectivity index (χ1v) is 9.37. The van der Waals surface area contributed by atoms with Crippen LogP contribution in [0.3, 0.4) is 0 Å². The number of carbonyl (C=O) groups is 2. The van der Waals surface area contributed by atoms with Crippen LogP contribution >= 0.6 is 11.6 Å². The number of aryl methyl sites for hydroxylation is 1. The van der Waals surface area contributed by atoms with E-state index in [9.17, 15) is 9.59 Å². The third-order valence-corrected chi connectivity index (χ3v) is 4.80. The van der Waals surface area contributed by atoms with Crippen molar-refractivity contribution in [1.29, 1.82) is 0 Å². The minimum absolute atomic E-state index is 0.115. The number of nitrogens with one attached hydrogen (secondary N) is 2. The Morgan fingerprint density at radius 1 is 0.929 bits per heavy atom. The molecule has 0 aliphatic rings. The Kier molecular flexibility index (Phi) is 6.45. The molecular formula is C23H21ClN2O2. The number of carbonyl (C=O) groups excluding carboxylic acids is 2. The Morgan fingerprint density at radius 3 is 2.21 bits per heavy atom. The number of rotatable bonds is 6. The van der Waals surface area contributed by atoms with Gasteiger partial charge in [-0.05, 0) is 48.4 Å². The van der Waals surface area contributed by atoms with Gasteiger partial charge in [-0.15, -0.1) is 0 Å². The minimum atomic E-state index is -0.442. The van der Waals surface area contributed by atoms with Crippen LogP contribution in [0.25, 0.3) is 0 Å². The predicted molar refractivity (Wildman–Crippen MR) is 113 cm³/mol. The van der Waals surface area contributed by atoms with E-state index in [2.05, 4.69) is 10.6 Å². The number of hydrogen-bond donors (Lipinski definition) is 2. The molecule has 4 nitrogen and oxygen atoms in total. The third kappa shape index (κ3) is 5.21. The molecule has 0 saturated heterocycles. The highest BCUT2D eigenvalue weighted by atomic mass is 35.5. The molecule has 0 unspecified atom stereocenters. The maximum Gasteiger partial charge on any atom is 0.251 e. The topological polar surface area (TPSA) is 58.2 Å². The van der Waals surface area contributed by atoms with Gasteiger partial charge in [0, 0.05) is 16.3 Å². The zero-order valence-electron chi connectivity index (χ0n) is 15.5. The van der Waals surface area contributed by atoms with Gasteiger partial charge < -0.3 is 10.6 Å². The van der Waals surface area contributed by atoms with Crippen LogP contribution in [-0.2, 0) is 4.79 Å². The fourth-order valence-corrected chi connectivity index (χ4v) is 3.01. The van der Waals surface area contributed by atoms with Crippen LogP contribution in [0.5, 0.6) is 0 Å². The second-order valence-electron chi connectivity index (χ2n) is 6.52. The van der Waals surface area contributed by atoms with Crippen molar-refractivity contribution in [1.82, 2.24) is 5.32 Å². The van der Waals surface area contributed by atoms with Gasteiger partial charge in [0.15, 0.2) is 0 Å². The predicted octanol–water partition coefficient (Wildman–Crippen LogP) is 5.15. The molecule has 5 heteroatoms. The lowest BCUT2D eigenvalue weighted by Crippen LogP contribution is -2.31. The van der Waals surface area contributed by atoms with E-state index in [-0.39, 0.29) is 18.2 Å². The Balaban J connectivity index is 1.74. The van der Waals surface area contributed by atoms with Gasteiger partial charge in [-0.2, -0.15) is 0 Å². The molecule has 0 bridgehead atoms. The van der Waals surface area contributed by atoms with Gasteiger partial charge in [-0.25, -0.2) is 0 Å². The molecule has 0 aliphatic heterocycles. The largest absolute Gasteiger partial charge is 0.345 e. The highest BCUT2D eigenvalue weighted by molar-refractivity contribution is 6.31. The van der Waals surface area contributed by atoms with E-state index >= 15 is 0 Å². The standard InChI is InChI=1S/C23H21ClN2O2/c1-16-14-19(12-13-20(16)24)25-22(27)15-21(17-8-4-2-5-9-17)26-23(28)18-10-6-3-7-11-18/h2-14,21H,15H2,1H3,(H,25,27)(H,26,28)/t21-/m0/s1. The van der Waals surface area contributed by atoms with Gasteiger partial charge in [-0.3, -0.25) is 9.59 Å². The second-order valence-corrected chi connectivity index (χ2v) is 6.93. The monoisotopic (exact) mass is 392 g/mol. The van der Waals surface area contributed by atoms with Crippen molar-refractivity contribution in [2.24, 2.45) is 0 Å². The molecular weight excluding hydrogens is 372 g/mol. The van der Waals surface area contributed by atoms with E-state index in [4.69, 9.17) is 11.6 Å². The summed E-state index contributed by atoms with van der Waals surface area (Å²) in [5, 5.41) is 6.49. The molecule has 3 rings (SSSR count). The SMILES string of the molecule is Cc1cc(NC(=O)C[C@H](NC(=O)c2ccccc2)c2ccccc2)ccc1Cl. The van der Waals surface area contributed by atoms with Crippen molar-refractivity contribution in [3.05, 3.63) is 101 Å². The molecule has 0 aliphatic carbocycles. The summed E-state index contributed by atoms with van der Waals surface area (Å²) in [5.74, 6) is -0.409. The van der Waals surface area contributed by atoms with E-state index < -0.39 is 6.04 Å². The van der Waals surface area contributed by atoms with Crippen molar-refractivity contribution in [2.75, 3.05) is 5.32 Å². The van der Waals surface area contributed by atoms with Crippen LogP contribution in [0.4, 0.5) is 5.69 Å². The quantitative estimate of drug-likeness (QED) is 0.609. The minimum Gasteiger partial charge on any atom is -0.345 e. The van der Waals surface area contributed by atoms with Gasteiger partial charge in [0.1, 0.15) is 0 Å². The van der Waals surface area contributed by atoms with Crippen LogP contribution in [-0.4, -0.2) is 11.8 Å². The van der Waals surface area contributed by atoms with Crippen LogP contribution < -0.4 is 10.6 Å². The zero-order chi connectivity index (χ0) is 19.9. The Morgan fingerprint density at radius 2 is 1.57 bits per heavy atom. The average Bonchev–Trinajstić information content (AvgIpc) is 2.71. The van der Waals surface area contributed by atoms with E-state index in [1.54, 1.807) is 24.3 Å². The molecule has 3 aromatic carbocycles. The Bertz CT molecular complexity index is 959. The smallest absolute Gasteiger partial charge is 0.251 e. The summed E-state index contributed by atoms with van der Waals surface area (Å²) in [6.07, 6.45) is 0.115. The maximum absolute atomic E-state index is 12.6. The molecule has 0 radical (unpaired) electrons. The number of halogens is 1. The Hall–Kier alpha value is -3.11. The van der Waals surface area contributed by atoms with E-state index in [1.807, 2.05) is 61.5 Å². The molecule has 0 heterocycles. The van der Waals surface area contributed by atoms with Crippen LogP contribution in [0.1, 0.15) is 33.9 Å². The van der Waals surface area contributed by atoms with Crippen molar-refractivity contribution in [2.45, 2.75) is 19.4 Å². The first-order chi connectivity index (χ1) is 13.5. The van der Waals surface area contributed by atoms with E-state index in [0.717, 1.165) is 11.1 Å². The summed E-state index contributed by atoms with van der Waals surface area (Å²) in [7, 11) is 0. The van der Waals surface area contributed by atoms with Gasteiger partial charge in [0.25, 0.3) is 5.91 Å². The highest BCUT2D eigenvalue weighted by Crippen LogP contribution is 2.22. The second kappa shape index (κ2) is 9.20. The highest BCUT2D eigenvalue weighted by Gasteiger charge is 2.19. The summed E-state index contributed by atoms with van der Waals surface area (Å²) in [6.45, 7) is 1.88. The van der Waals surface area contributed by atoms with E-state index in [0.29, 0.717) is 16.3 Å². The maximum atomic E-state index is 12.6. The fraction of sp³-hybridized carbons (Fsp3) is 0.130. The molecule has 2 N–H and O–H groups in total. The van der Waals surface area contributed by atoms with Gasteiger partial charge in [-0.1, -0.05) is 60.1 Å². The van der Waals surface area contributed by atoms with Crippen molar-refractivity contribution in [3.8, 4) is 0 Å². The van der Waals surface area contributed by atoms with E-state index in [1.165, 1.54) is 0 Å². The number of amides is 2. The third-order valence-electron chi connectivity index (χ3n) is 4.37. The molecule has 0 spiro atoms. The molecule has 0 fully saturated rings. The first kappa shape index (κ1) is 19.6. The van der Waals surface area contributed by atoms with Crippen LogP contribution in [0.15, 0.2) is 78.9 Å². The lowest BCUT2D eigenvalue weighted by molar-refractivity contribution is -0.116. The molecule has 1 atom stereocenters. The summed E-state index contributed by atoms with van der Waals surface area (Å²) in [4.78, 5) is 25.2. The average molecular weight is 393 g/mol. The molecule has 0 saturated carbocycles. The fourth-order valence-electron chi connectivity index (χ4n) is 2.89. The lowest BCUT2D eigenvalue weighted by atomic mass is 10.0. The van der Waals surface area contributed by atoms with Crippen LogP contribution in [0.2, 0.25) is 5.02 Å². The normalized spacial score (nSPS) is 11.5. The van der Waals surface area contributed by atoms with Gasteiger partial charge >= 0.3 is 0 Å². The summed E-state index contributed by atoms with van der Waals surface area (Å²) in [5.41, 5.74) is 2.98. The zero-order valence-corrected chi connectivity index (χ0v) is 16.2. The molecule has 28 heavy (non-hydrogen) atoms. The van der Waals surface area contributed by atoms with Crippen molar-refractivity contribution in [3.63, 3.8) is 0 Å². The molecule has 3 aromatic rings. The number of benzene rings is 3. The molecule has 2 amide bonds. The summed E-state index contributed by atoms with van der Waals surface area (Å²) < 4.78 is 0. The van der Waals surface area contributed by atoms with Crippen LogP contribution in [0, 0.1) is 6.92 Å². The van der Waals surface area contributed by atoms with Gasteiger partial charge in [0.2, 0.25) is 5.91 Å². The summed E-state index contributed by atoms with van der Waals surface area (Å²) in [6, 6.07) is 23.3. The molecule has 142 valence electrons. The molecule has 0 aromatic heterocycles. The lowest BCUT2D eigenvalue weighted by Gasteiger charge is -2.19. The van der Waals surface area contributed by atoms with Crippen molar-refractivity contribution < 1.29 is 9.59 Å². The summed E-state index contributed by atoms with van der Waals surface area (Å²) >= 11 is 6.04. The Labute approximate surface area is 169 Å². The number of anilines is 1. The number of hydrogen-bond acceptors (Lipinski definition) is 2. The first-order valence-electron chi connectivity index (χ1n) is 9.00. The van der Waals surface area contributed by atoms with Crippen molar-refractivity contribution >= 4 is 29.1 Å².